The predicted octanol–water partition coefficient (Wildman–Crippen LogP) is 2.19. The van der Waals surface area contributed by atoms with E-state index < -0.39 is 6.04 Å². The second kappa shape index (κ2) is 8.59. The smallest absolute Gasteiger partial charge is 0.249 e. The van der Waals surface area contributed by atoms with Gasteiger partial charge in [0.1, 0.15) is 0 Å². The first-order valence-electron chi connectivity index (χ1n) is 10.4. The van der Waals surface area contributed by atoms with Gasteiger partial charge in [0.2, 0.25) is 11.7 Å². The average molecular weight is 399 g/mol. The van der Waals surface area contributed by atoms with Crippen molar-refractivity contribution in [2.75, 3.05) is 39.5 Å². The molecule has 156 valence electrons. The zero-order valence-corrected chi connectivity index (χ0v) is 17.2. The van der Waals surface area contributed by atoms with Crippen LogP contribution in [0.3, 0.4) is 0 Å². The number of hydrogen-bond acceptors (Lipinski definition) is 6. The Balaban J connectivity index is 1.56. The van der Waals surface area contributed by atoms with E-state index in [0.717, 1.165) is 31.6 Å². The molecule has 8 nitrogen and oxygen atoms in total. The van der Waals surface area contributed by atoms with E-state index in [0.29, 0.717) is 32.1 Å². The highest BCUT2D eigenvalue weighted by molar-refractivity contribution is 5.80. The van der Waals surface area contributed by atoms with Gasteiger partial charge in [-0.15, -0.1) is 10.2 Å². The van der Waals surface area contributed by atoms with E-state index in [4.69, 9.17) is 9.47 Å². The number of tetrazole rings is 1. The lowest BCUT2D eigenvalue weighted by atomic mass is 9.80. The van der Waals surface area contributed by atoms with Crippen LogP contribution in [-0.4, -0.2) is 70.5 Å². The van der Waals surface area contributed by atoms with E-state index in [2.05, 4.69) is 15.4 Å². The Morgan fingerprint density at radius 2 is 1.86 bits per heavy atom. The van der Waals surface area contributed by atoms with Gasteiger partial charge in [0.25, 0.3) is 0 Å². The zero-order chi connectivity index (χ0) is 20.3. The number of benzene rings is 1. The summed E-state index contributed by atoms with van der Waals surface area (Å²) in [4.78, 5) is 17.0. The third-order valence-corrected chi connectivity index (χ3v) is 5.90. The van der Waals surface area contributed by atoms with E-state index in [-0.39, 0.29) is 17.2 Å². The Morgan fingerprint density at radius 3 is 2.59 bits per heavy atom. The Bertz CT molecular complexity index is 817. The van der Waals surface area contributed by atoms with Crippen molar-refractivity contribution in [1.29, 1.82) is 0 Å². The van der Waals surface area contributed by atoms with E-state index in [9.17, 15) is 4.79 Å². The second-order valence-electron chi connectivity index (χ2n) is 8.41. The molecule has 3 heterocycles. The third-order valence-electron chi connectivity index (χ3n) is 5.90. The molecule has 0 N–H and O–H groups in total. The standard InChI is InChI=1S/C21H29N5O3/c1-16(2)18(26-23-19(22-24-26)17-6-4-3-5-7-17)20(27)25-10-13-29-15-21(14-25)8-11-28-12-9-21/h3-7,16,18H,8-15H2,1-2H3. The fraction of sp³-hybridized carbons (Fsp3) is 0.619. The van der Waals surface area contributed by atoms with Crippen molar-refractivity contribution in [1.82, 2.24) is 25.1 Å². The van der Waals surface area contributed by atoms with Crippen LogP contribution < -0.4 is 0 Å². The maximum atomic E-state index is 13.6. The van der Waals surface area contributed by atoms with Crippen molar-refractivity contribution in [3.63, 3.8) is 0 Å². The molecule has 0 saturated carbocycles. The molecule has 1 amide bonds. The summed E-state index contributed by atoms with van der Waals surface area (Å²) < 4.78 is 11.4. The highest BCUT2D eigenvalue weighted by Gasteiger charge is 2.40. The monoisotopic (exact) mass is 399 g/mol. The predicted molar refractivity (Wildman–Crippen MR) is 107 cm³/mol. The molecule has 2 fully saturated rings. The topological polar surface area (TPSA) is 82.4 Å². The Labute approximate surface area is 171 Å². The lowest BCUT2D eigenvalue weighted by Crippen LogP contribution is -2.47. The van der Waals surface area contributed by atoms with Crippen molar-refractivity contribution in [2.45, 2.75) is 32.7 Å². The zero-order valence-electron chi connectivity index (χ0n) is 17.2. The first kappa shape index (κ1) is 20.0. The van der Waals surface area contributed by atoms with Gasteiger partial charge in [-0.2, -0.15) is 4.80 Å². The summed E-state index contributed by atoms with van der Waals surface area (Å²) in [6.45, 7) is 8.02. The van der Waals surface area contributed by atoms with Crippen LogP contribution >= 0.6 is 0 Å². The molecule has 29 heavy (non-hydrogen) atoms. The van der Waals surface area contributed by atoms with Crippen LogP contribution in [0.2, 0.25) is 0 Å². The summed E-state index contributed by atoms with van der Waals surface area (Å²) >= 11 is 0. The van der Waals surface area contributed by atoms with E-state index >= 15 is 0 Å². The molecular weight excluding hydrogens is 370 g/mol. The summed E-state index contributed by atoms with van der Waals surface area (Å²) in [5.41, 5.74) is 0.870. The number of carbonyl (C=O) groups is 1. The Morgan fingerprint density at radius 1 is 1.10 bits per heavy atom. The van der Waals surface area contributed by atoms with Gasteiger partial charge in [0, 0.05) is 37.3 Å². The Hall–Kier alpha value is -2.32. The Kier molecular flexibility index (Phi) is 5.91. The maximum absolute atomic E-state index is 13.6. The molecule has 2 saturated heterocycles. The fourth-order valence-corrected chi connectivity index (χ4v) is 4.17. The average Bonchev–Trinajstić information content (AvgIpc) is 3.12. The number of nitrogens with zero attached hydrogens (tertiary/aromatic N) is 5. The number of ether oxygens (including phenoxy) is 2. The molecule has 0 bridgehead atoms. The van der Waals surface area contributed by atoms with Crippen molar-refractivity contribution in [2.24, 2.45) is 11.3 Å². The van der Waals surface area contributed by atoms with Crippen LogP contribution in [0.15, 0.2) is 30.3 Å². The SMILES string of the molecule is CC(C)C(C(=O)N1CCOCC2(CCOCC2)C1)n1nnc(-c2ccccc2)n1. The highest BCUT2D eigenvalue weighted by atomic mass is 16.5. The van der Waals surface area contributed by atoms with Crippen LogP contribution in [0.5, 0.6) is 0 Å². The molecule has 1 atom stereocenters. The summed E-state index contributed by atoms with van der Waals surface area (Å²) in [6, 6.07) is 9.21. The number of aromatic nitrogens is 4. The lowest BCUT2D eigenvalue weighted by molar-refractivity contribution is -0.139. The van der Waals surface area contributed by atoms with Gasteiger partial charge < -0.3 is 14.4 Å². The van der Waals surface area contributed by atoms with Gasteiger partial charge in [-0.1, -0.05) is 44.2 Å². The molecule has 8 heteroatoms. The maximum Gasteiger partial charge on any atom is 0.249 e. The molecule has 0 radical (unpaired) electrons. The van der Waals surface area contributed by atoms with Crippen molar-refractivity contribution < 1.29 is 14.3 Å². The molecule has 1 aromatic carbocycles. The van der Waals surface area contributed by atoms with Gasteiger partial charge in [-0.25, -0.2) is 0 Å². The molecule has 4 rings (SSSR count). The minimum atomic E-state index is -0.491. The van der Waals surface area contributed by atoms with Crippen LogP contribution in [0, 0.1) is 11.3 Å². The minimum Gasteiger partial charge on any atom is -0.381 e. The van der Waals surface area contributed by atoms with Crippen molar-refractivity contribution in [3.05, 3.63) is 30.3 Å². The van der Waals surface area contributed by atoms with Crippen LogP contribution in [0.1, 0.15) is 32.7 Å². The molecule has 2 aromatic rings. The summed E-state index contributed by atoms with van der Waals surface area (Å²) in [7, 11) is 0. The minimum absolute atomic E-state index is 0.0169. The number of amides is 1. The number of carbonyl (C=O) groups excluding carboxylic acids is 1. The van der Waals surface area contributed by atoms with Crippen molar-refractivity contribution >= 4 is 5.91 Å². The normalized spacial score (nSPS) is 20.6. The quantitative estimate of drug-likeness (QED) is 0.784. The van der Waals surface area contributed by atoms with Crippen LogP contribution in [-0.2, 0) is 14.3 Å². The largest absolute Gasteiger partial charge is 0.381 e. The fourth-order valence-electron chi connectivity index (χ4n) is 4.17. The number of rotatable bonds is 4. The van der Waals surface area contributed by atoms with Gasteiger partial charge in [0.05, 0.1) is 13.2 Å². The van der Waals surface area contributed by atoms with E-state index in [1.807, 2.05) is 49.1 Å². The van der Waals surface area contributed by atoms with E-state index in [1.54, 1.807) is 0 Å². The summed E-state index contributed by atoms with van der Waals surface area (Å²) in [5.74, 6) is 0.604. The lowest BCUT2D eigenvalue weighted by Gasteiger charge is -2.39. The molecule has 1 spiro atoms. The van der Waals surface area contributed by atoms with Gasteiger partial charge in [0.15, 0.2) is 6.04 Å². The van der Waals surface area contributed by atoms with Crippen molar-refractivity contribution in [3.8, 4) is 11.4 Å². The molecule has 1 unspecified atom stereocenters. The molecular formula is C21H29N5O3. The number of hydrogen-bond donors (Lipinski definition) is 0. The summed E-state index contributed by atoms with van der Waals surface area (Å²) in [6.07, 6.45) is 1.84. The van der Waals surface area contributed by atoms with Crippen LogP contribution in [0.25, 0.3) is 11.4 Å². The molecule has 2 aliphatic rings. The first-order chi connectivity index (χ1) is 14.1. The van der Waals surface area contributed by atoms with Gasteiger partial charge in [-0.3, -0.25) is 4.79 Å². The molecule has 0 aliphatic carbocycles. The summed E-state index contributed by atoms with van der Waals surface area (Å²) in [5, 5.41) is 13.0. The van der Waals surface area contributed by atoms with Gasteiger partial charge >= 0.3 is 0 Å². The highest BCUT2D eigenvalue weighted by Crippen LogP contribution is 2.34. The van der Waals surface area contributed by atoms with Gasteiger partial charge in [-0.05, 0) is 24.0 Å². The second-order valence-corrected chi connectivity index (χ2v) is 8.41. The van der Waals surface area contributed by atoms with Crippen LogP contribution in [0.4, 0.5) is 0 Å². The molecule has 2 aliphatic heterocycles. The first-order valence-corrected chi connectivity index (χ1v) is 10.4. The molecule has 1 aromatic heterocycles. The third kappa shape index (κ3) is 4.33. The van der Waals surface area contributed by atoms with E-state index in [1.165, 1.54) is 4.80 Å².